The highest BCUT2D eigenvalue weighted by Gasteiger charge is 2.27. The third-order valence-corrected chi connectivity index (χ3v) is 5.14. The molecule has 2 nitrogen and oxygen atoms in total. The van der Waals surface area contributed by atoms with Gasteiger partial charge >= 0.3 is 0 Å². The van der Waals surface area contributed by atoms with Gasteiger partial charge in [0, 0.05) is 13.1 Å². The van der Waals surface area contributed by atoms with E-state index in [-0.39, 0.29) is 0 Å². The van der Waals surface area contributed by atoms with E-state index in [0.29, 0.717) is 18.2 Å². The maximum absolute atomic E-state index is 12.3. The number of fused-ring (bicyclic) bond motifs is 1. The Balaban J connectivity index is 1.64. The predicted molar refractivity (Wildman–Crippen MR) is 81.3 cm³/mol. The summed E-state index contributed by atoms with van der Waals surface area (Å²) in [5.41, 5.74) is 2.56. The van der Waals surface area contributed by atoms with Crippen LogP contribution >= 0.6 is 0 Å². The minimum atomic E-state index is 0.311. The molecule has 1 aliphatic heterocycles. The van der Waals surface area contributed by atoms with E-state index in [1.165, 1.54) is 43.2 Å². The number of carbonyl (C=O) groups is 1. The van der Waals surface area contributed by atoms with Crippen LogP contribution in [0, 0.1) is 11.8 Å². The van der Waals surface area contributed by atoms with Crippen LogP contribution in [0.1, 0.15) is 50.2 Å². The van der Waals surface area contributed by atoms with Crippen LogP contribution in [0.25, 0.3) is 0 Å². The van der Waals surface area contributed by atoms with Gasteiger partial charge in [-0.25, -0.2) is 0 Å². The first kappa shape index (κ1) is 13.7. The largest absolute Gasteiger partial charge is 0.338 e. The number of nitrogens with zero attached hydrogens (tertiary/aromatic N) is 1. The molecule has 0 spiro atoms. The van der Waals surface area contributed by atoms with E-state index < -0.39 is 0 Å². The highest BCUT2D eigenvalue weighted by molar-refractivity contribution is 5.80. The Bertz CT molecular complexity index is 476. The summed E-state index contributed by atoms with van der Waals surface area (Å²) in [6.07, 6.45) is 7.48. The van der Waals surface area contributed by atoms with Crippen molar-refractivity contribution >= 4 is 5.91 Å². The van der Waals surface area contributed by atoms with Crippen molar-refractivity contribution in [3.05, 3.63) is 35.4 Å². The lowest BCUT2D eigenvalue weighted by Gasteiger charge is -2.35. The summed E-state index contributed by atoms with van der Waals surface area (Å²) in [7, 11) is 0. The molecule has 1 aromatic carbocycles. The van der Waals surface area contributed by atoms with Crippen molar-refractivity contribution in [1.82, 2.24) is 4.90 Å². The second-order valence-electron chi connectivity index (χ2n) is 6.60. The van der Waals surface area contributed by atoms with Crippen LogP contribution in [-0.4, -0.2) is 17.4 Å². The van der Waals surface area contributed by atoms with E-state index in [1.54, 1.807) is 0 Å². The quantitative estimate of drug-likeness (QED) is 0.819. The summed E-state index contributed by atoms with van der Waals surface area (Å²) in [6.45, 7) is 4.09. The van der Waals surface area contributed by atoms with E-state index in [2.05, 4.69) is 30.0 Å². The molecule has 1 fully saturated rings. The first-order valence-electron chi connectivity index (χ1n) is 8.08. The number of rotatable bonds is 3. The second-order valence-corrected chi connectivity index (χ2v) is 6.60. The van der Waals surface area contributed by atoms with Crippen molar-refractivity contribution in [3.8, 4) is 0 Å². The second kappa shape index (κ2) is 5.99. The van der Waals surface area contributed by atoms with Crippen molar-refractivity contribution in [1.29, 1.82) is 0 Å². The molecule has 1 aromatic rings. The highest BCUT2D eigenvalue weighted by Crippen LogP contribution is 2.31. The van der Waals surface area contributed by atoms with E-state index in [9.17, 15) is 4.79 Å². The SMILES string of the molecule is CC(CN1Cc2ccccc2CC1=O)C1CCCCC1. The van der Waals surface area contributed by atoms with Crippen molar-refractivity contribution < 1.29 is 4.79 Å². The fourth-order valence-electron chi connectivity index (χ4n) is 3.82. The van der Waals surface area contributed by atoms with Crippen LogP contribution in [0.4, 0.5) is 0 Å². The molecule has 1 aliphatic carbocycles. The first-order chi connectivity index (χ1) is 9.74. The number of hydrogen-bond donors (Lipinski definition) is 0. The zero-order valence-corrected chi connectivity index (χ0v) is 12.5. The fraction of sp³-hybridized carbons (Fsp3) is 0.611. The summed E-state index contributed by atoms with van der Waals surface area (Å²) < 4.78 is 0. The van der Waals surface area contributed by atoms with Crippen LogP contribution in [0.15, 0.2) is 24.3 Å². The predicted octanol–water partition coefficient (Wildman–Crippen LogP) is 3.79. The maximum Gasteiger partial charge on any atom is 0.227 e. The molecule has 1 heterocycles. The van der Waals surface area contributed by atoms with E-state index in [1.807, 2.05) is 6.07 Å². The Labute approximate surface area is 122 Å². The number of benzene rings is 1. The maximum atomic E-state index is 12.3. The Morgan fingerprint density at radius 3 is 2.60 bits per heavy atom. The molecule has 0 aromatic heterocycles. The molecular weight excluding hydrogens is 246 g/mol. The number of amides is 1. The van der Waals surface area contributed by atoms with Gasteiger partial charge in [0.15, 0.2) is 0 Å². The molecule has 2 aliphatic rings. The molecule has 1 saturated carbocycles. The van der Waals surface area contributed by atoms with Gasteiger partial charge in [-0.05, 0) is 23.0 Å². The lowest BCUT2D eigenvalue weighted by molar-refractivity contribution is -0.132. The van der Waals surface area contributed by atoms with Crippen LogP contribution in [0.5, 0.6) is 0 Å². The van der Waals surface area contributed by atoms with Gasteiger partial charge in [-0.2, -0.15) is 0 Å². The van der Waals surface area contributed by atoms with E-state index >= 15 is 0 Å². The summed E-state index contributed by atoms with van der Waals surface area (Å²) in [6, 6.07) is 8.37. The standard InChI is InChI=1S/C18H25NO/c1-14(15-7-3-2-4-8-15)12-19-13-17-10-6-5-9-16(17)11-18(19)20/h5-6,9-10,14-15H,2-4,7-8,11-13H2,1H3. The lowest BCUT2D eigenvalue weighted by Crippen LogP contribution is -2.40. The zero-order chi connectivity index (χ0) is 13.9. The lowest BCUT2D eigenvalue weighted by atomic mass is 9.80. The third-order valence-electron chi connectivity index (χ3n) is 5.14. The normalized spacial score (nSPS) is 21.6. The molecule has 20 heavy (non-hydrogen) atoms. The Morgan fingerprint density at radius 2 is 1.85 bits per heavy atom. The average molecular weight is 271 g/mol. The van der Waals surface area contributed by atoms with Crippen molar-refractivity contribution in [2.24, 2.45) is 11.8 Å². The van der Waals surface area contributed by atoms with Gasteiger partial charge in [0.2, 0.25) is 5.91 Å². The topological polar surface area (TPSA) is 20.3 Å². The minimum Gasteiger partial charge on any atom is -0.338 e. The highest BCUT2D eigenvalue weighted by atomic mass is 16.2. The van der Waals surface area contributed by atoms with E-state index in [0.717, 1.165) is 19.0 Å². The van der Waals surface area contributed by atoms with Crippen molar-refractivity contribution in [2.75, 3.05) is 6.54 Å². The third kappa shape index (κ3) is 2.89. The molecule has 2 heteroatoms. The molecule has 1 amide bonds. The molecule has 108 valence electrons. The van der Waals surface area contributed by atoms with Crippen molar-refractivity contribution in [3.63, 3.8) is 0 Å². The first-order valence-corrected chi connectivity index (χ1v) is 8.08. The van der Waals surface area contributed by atoms with Gasteiger partial charge in [0.1, 0.15) is 0 Å². The molecule has 1 atom stereocenters. The Kier molecular flexibility index (Phi) is 4.09. The number of carbonyl (C=O) groups excluding carboxylic acids is 1. The number of hydrogen-bond acceptors (Lipinski definition) is 1. The molecule has 1 unspecified atom stereocenters. The smallest absolute Gasteiger partial charge is 0.227 e. The van der Waals surface area contributed by atoms with Gasteiger partial charge in [-0.1, -0.05) is 63.3 Å². The van der Waals surface area contributed by atoms with Gasteiger partial charge in [0.25, 0.3) is 0 Å². The summed E-state index contributed by atoms with van der Waals surface area (Å²) in [5.74, 6) is 1.78. The van der Waals surface area contributed by atoms with Crippen LogP contribution in [0.3, 0.4) is 0 Å². The van der Waals surface area contributed by atoms with Gasteiger partial charge in [-0.3, -0.25) is 4.79 Å². The van der Waals surface area contributed by atoms with Gasteiger partial charge < -0.3 is 4.90 Å². The molecule has 3 rings (SSSR count). The van der Waals surface area contributed by atoms with Crippen molar-refractivity contribution in [2.45, 2.75) is 52.0 Å². The van der Waals surface area contributed by atoms with E-state index in [4.69, 9.17) is 0 Å². The minimum absolute atomic E-state index is 0.311. The fourth-order valence-corrected chi connectivity index (χ4v) is 3.82. The van der Waals surface area contributed by atoms with Crippen LogP contribution in [0.2, 0.25) is 0 Å². The zero-order valence-electron chi connectivity index (χ0n) is 12.5. The van der Waals surface area contributed by atoms with Crippen LogP contribution < -0.4 is 0 Å². The summed E-state index contributed by atoms with van der Waals surface area (Å²) in [5, 5.41) is 0. The molecule has 0 N–H and O–H groups in total. The molecule has 0 radical (unpaired) electrons. The Morgan fingerprint density at radius 1 is 1.15 bits per heavy atom. The van der Waals surface area contributed by atoms with Gasteiger partial charge in [0.05, 0.1) is 6.42 Å². The molecular formula is C18H25NO. The summed E-state index contributed by atoms with van der Waals surface area (Å²) in [4.78, 5) is 14.4. The summed E-state index contributed by atoms with van der Waals surface area (Å²) >= 11 is 0. The molecule has 0 bridgehead atoms. The van der Waals surface area contributed by atoms with Gasteiger partial charge in [-0.15, -0.1) is 0 Å². The van der Waals surface area contributed by atoms with Crippen LogP contribution in [-0.2, 0) is 17.8 Å². The monoisotopic (exact) mass is 271 g/mol. The molecule has 0 saturated heterocycles. The average Bonchev–Trinajstić information content (AvgIpc) is 2.49. The Hall–Kier alpha value is -1.31.